The predicted molar refractivity (Wildman–Crippen MR) is 116 cm³/mol. The minimum absolute atomic E-state index is 0.00489. The second-order valence-corrected chi connectivity index (χ2v) is 8.81. The van der Waals surface area contributed by atoms with Gasteiger partial charge in [-0.2, -0.15) is 0 Å². The highest BCUT2D eigenvalue weighted by atomic mass is 16.6. The van der Waals surface area contributed by atoms with Crippen molar-refractivity contribution in [3.8, 4) is 11.5 Å². The smallest absolute Gasteiger partial charge is 0.430 e. The molecule has 0 radical (unpaired) electrons. The molecular weight excluding hydrogens is 435 g/mol. The van der Waals surface area contributed by atoms with E-state index in [2.05, 4.69) is 0 Å². The summed E-state index contributed by atoms with van der Waals surface area (Å²) in [7, 11) is 0. The van der Waals surface area contributed by atoms with Crippen LogP contribution in [-0.4, -0.2) is 75.5 Å². The van der Waals surface area contributed by atoms with Crippen molar-refractivity contribution >= 4 is 30.2 Å². The first-order valence-electron chi connectivity index (χ1n) is 10.8. The van der Waals surface area contributed by atoms with Gasteiger partial charge in [-0.05, 0) is 25.0 Å². The third-order valence-electron chi connectivity index (χ3n) is 5.81. The molecule has 12 heteroatoms. The molecule has 1 aromatic rings. The molecule has 1 aromatic carbocycles. The van der Waals surface area contributed by atoms with Crippen LogP contribution in [0.2, 0.25) is 6.32 Å². The predicted octanol–water partition coefficient (Wildman–Crippen LogP) is -0.265. The van der Waals surface area contributed by atoms with E-state index in [1.807, 2.05) is 0 Å². The number of carbonyl (C=O) groups excluding carboxylic acids is 3. The van der Waals surface area contributed by atoms with Crippen LogP contribution in [0.5, 0.6) is 11.5 Å². The average Bonchev–Trinajstić information content (AvgIpc) is 2.67. The van der Waals surface area contributed by atoms with Crippen LogP contribution >= 0.6 is 0 Å². The minimum Gasteiger partial charge on any atom is -0.669 e. The van der Waals surface area contributed by atoms with Gasteiger partial charge in [-0.1, -0.05) is 19.3 Å². The Bertz CT molecular complexity index is 975. The number of aryl methyl sites for hydroxylation is 1. The first-order valence-corrected chi connectivity index (χ1v) is 10.8. The summed E-state index contributed by atoms with van der Waals surface area (Å²) in [5.41, 5.74) is 5.93. The number of nitrogens with two attached hydrogens (primary N) is 1. The van der Waals surface area contributed by atoms with Gasteiger partial charge >= 0.3 is 12.7 Å². The van der Waals surface area contributed by atoms with E-state index in [9.17, 15) is 34.3 Å². The number of ketones is 2. The molecule has 2 heterocycles. The Hall–Kier alpha value is -2.96. The third-order valence-corrected chi connectivity index (χ3v) is 5.81. The van der Waals surface area contributed by atoms with Crippen molar-refractivity contribution in [3.05, 3.63) is 23.3 Å². The lowest BCUT2D eigenvalue weighted by molar-refractivity contribution is -0.145. The zero-order valence-electron chi connectivity index (χ0n) is 18.5. The molecule has 2 aliphatic rings. The van der Waals surface area contributed by atoms with Crippen LogP contribution in [0, 0.1) is 5.92 Å². The number of Topliss-reactive ketones (excluding diaryl/α,β-unsaturated/α-hetero) is 2. The number of rotatable bonds is 9. The highest BCUT2D eigenvalue weighted by Crippen LogP contribution is 2.39. The fourth-order valence-electron chi connectivity index (χ4n) is 3.98. The number of aromatic carboxylic acids is 1. The van der Waals surface area contributed by atoms with Crippen molar-refractivity contribution in [2.75, 3.05) is 13.1 Å². The second kappa shape index (κ2) is 9.50. The van der Waals surface area contributed by atoms with Crippen LogP contribution in [0.1, 0.15) is 42.6 Å². The van der Waals surface area contributed by atoms with Crippen molar-refractivity contribution < 1.29 is 43.7 Å². The Balaban J connectivity index is 1.60. The Morgan fingerprint density at radius 1 is 1.24 bits per heavy atom. The number of nitrogens with zero attached hydrogens (tertiary/aromatic N) is 1. The summed E-state index contributed by atoms with van der Waals surface area (Å²) < 4.78 is 10.9. The quantitative estimate of drug-likeness (QED) is 0.357. The van der Waals surface area contributed by atoms with Crippen LogP contribution in [0.3, 0.4) is 0 Å². The topological polar surface area (TPSA) is 177 Å². The Labute approximate surface area is 190 Å². The van der Waals surface area contributed by atoms with Gasteiger partial charge in [-0.15, -0.1) is 0 Å². The van der Waals surface area contributed by atoms with Gasteiger partial charge in [0, 0.05) is 18.8 Å². The number of benzene rings is 1. The first kappa shape index (κ1) is 24.7. The number of amides is 1. The molecule has 1 fully saturated rings. The van der Waals surface area contributed by atoms with E-state index in [0.29, 0.717) is 5.56 Å². The molecule has 33 heavy (non-hydrogen) atoms. The number of likely N-dealkylation sites (tertiary alicyclic amines) is 1. The lowest BCUT2D eigenvalue weighted by Gasteiger charge is -2.41. The fraction of sp³-hybridized carbons (Fsp3) is 0.524. The number of hydrogen-bond donors (Lipinski definition) is 4. The van der Waals surface area contributed by atoms with Gasteiger partial charge in [0.2, 0.25) is 5.91 Å². The van der Waals surface area contributed by atoms with Gasteiger partial charge in [0.05, 0.1) is 24.9 Å². The Kier molecular flexibility index (Phi) is 7.10. The van der Waals surface area contributed by atoms with Crippen LogP contribution in [-0.2, 0) is 20.8 Å². The number of carbonyl (C=O) groups is 4. The molecule has 180 valence electrons. The maximum absolute atomic E-state index is 12.6. The monoisotopic (exact) mass is 463 g/mol. The Morgan fingerprint density at radius 2 is 1.91 bits per heavy atom. The van der Waals surface area contributed by atoms with Crippen molar-refractivity contribution in [2.45, 2.75) is 51.6 Å². The molecule has 2 atom stereocenters. The van der Waals surface area contributed by atoms with E-state index >= 15 is 0 Å². The van der Waals surface area contributed by atoms with Crippen LogP contribution < -0.4 is 15.1 Å². The normalized spacial score (nSPS) is 18.9. The number of ether oxygens (including phenoxy) is 1. The maximum Gasteiger partial charge on any atom is 0.430 e. The highest BCUT2D eigenvalue weighted by molar-refractivity contribution is 6.59. The molecule has 11 nitrogen and oxygen atoms in total. The molecule has 0 aromatic heterocycles. The molecule has 1 saturated heterocycles. The van der Waals surface area contributed by atoms with E-state index in [0.717, 1.165) is 0 Å². The number of carboxylic acid groups (broad SMARTS) is 1. The molecule has 3 rings (SSSR count). The minimum atomic E-state index is -3.14. The molecule has 0 aliphatic carbocycles. The summed E-state index contributed by atoms with van der Waals surface area (Å²) in [5, 5.41) is 29.3. The zero-order chi connectivity index (χ0) is 24.5. The molecule has 0 bridgehead atoms. The van der Waals surface area contributed by atoms with Gasteiger partial charge in [0.15, 0.2) is 5.78 Å². The average molecular weight is 463 g/mol. The third kappa shape index (κ3) is 5.70. The summed E-state index contributed by atoms with van der Waals surface area (Å²) >= 11 is 0. The summed E-state index contributed by atoms with van der Waals surface area (Å²) in [6, 6.07) is 2.17. The molecular formula is C21H28BN2O9-. The van der Waals surface area contributed by atoms with E-state index in [1.54, 1.807) is 13.0 Å². The summed E-state index contributed by atoms with van der Waals surface area (Å²) in [5.74, 6) is -2.90. The molecule has 0 saturated carbocycles. The largest absolute Gasteiger partial charge is 0.669 e. The molecule has 2 aliphatic heterocycles. The first-order chi connectivity index (χ1) is 15.4. The van der Waals surface area contributed by atoms with Crippen LogP contribution in [0.15, 0.2) is 12.1 Å². The van der Waals surface area contributed by atoms with Gasteiger partial charge < -0.3 is 35.2 Å². The number of hydrogen-bond acceptors (Lipinski definition) is 9. The molecule has 0 unspecified atom stereocenters. The number of fused-ring (bicyclic) bond motifs is 1. The van der Waals surface area contributed by atoms with E-state index in [1.165, 1.54) is 17.9 Å². The van der Waals surface area contributed by atoms with Crippen molar-refractivity contribution in [3.63, 3.8) is 0 Å². The molecule has 1 amide bonds. The fourth-order valence-corrected chi connectivity index (χ4v) is 3.98. The lowest BCUT2D eigenvalue weighted by Crippen LogP contribution is -2.57. The van der Waals surface area contributed by atoms with Crippen molar-refractivity contribution in [2.24, 2.45) is 11.7 Å². The van der Waals surface area contributed by atoms with Gasteiger partial charge in [-0.25, -0.2) is 4.79 Å². The Morgan fingerprint density at radius 3 is 2.52 bits per heavy atom. The van der Waals surface area contributed by atoms with Gasteiger partial charge in [-0.3, -0.25) is 14.4 Å². The van der Waals surface area contributed by atoms with E-state index in [-0.39, 0.29) is 73.2 Å². The SMILES string of the molecule is CC(=O)C[C@@H](N)C(=O)C[C@H](C)C(=O)N1CC(Oc2ccc3c(c2C(=O)O)O[B-](O)(O)CC3)C1. The highest BCUT2D eigenvalue weighted by Gasteiger charge is 2.37. The second-order valence-electron chi connectivity index (χ2n) is 8.81. The van der Waals surface area contributed by atoms with E-state index < -0.39 is 30.8 Å². The van der Waals surface area contributed by atoms with Crippen molar-refractivity contribution in [1.29, 1.82) is 0 Å². The molecule has 0 spiro atoms. The van der Waals surface area contributed by atoms with Crippen LogP contribution in [0.4, 0.5) is 0 Å². The number of carboxylic acids is 1. The summed E-state index contributed by atoms with van der Waals surface area (Å²) in [4.78, 5) is 49.1. The van der Waals surface area contributed by atoms with Gasteiger partial charge in [0.1, 0.15) is 23.2 Å². The standard InChI is InChI=1S/C21H28BN2O9/c1-11(7-16(26)15(23)8-12(2)25)20(27)24-9-14(10-24)32-17-4-3-13-5-6-22(30,31)33-19(13)18(17)21(28)29/h3-4,11,14-15,30-31H,5-10,23H2,1-2H3,(H,28,29)/q-1/t11-,15+/m0/s1. The maximum atomic E-state index is 12.6. The van der Waals surface area contributed by atoms with E-state index in [4.69, 9.17) is 15.1 Å². The zero-order valence-corrected chi connectivity index (χ0v) is 18.5. The summed E-state index contributed by atoms with van der Waals surface area (Å²) in [6.45, 7) is 0.202. The van der Waals surface area contributed by atoms with Crippen molar-refractivity contribution in [1.82, 2.24) is 4.90 Å². The lowest BCUT2D eigenvalue weighted by atomic mass is 9.70. The van der Waals surface area contributed by atoms with Gasteiger partial charge in [0.25, 0.3) is 0 Å². The van der Waals surface area contributed by atoms with Crippen LogP contribution in [0.25, 0.3) is 0 Å². The molecule has 5 N–H and O–H groups in total. The summed E-state index contributed by atoms with van der Waals surface area (Å²) in [6.07, 6.45) is -0.403.